The number of ether oxygens (including phenoxy) is 1. The Bertz CT molecular complexity index is 243. The van der Waals surface area contributed by atoms with Crippen LogP contribution in [0.3, 0.4) is 0 Å². The number of aliphatic hydroxyl groups is 1. The van der Waals surface area contributed by atoms with E-state index >= 15 is 0 Å². The molecule has 1 heterocycles. The molecule has 0 spiro atoms. The lowest BCUT2D eigenvalue weighted by Crippen LogP contribution is -2.60. The number of hydrogen-bond donors (Lipinski definition) is 2. The predicted octanol–water partition coefficient (Wildman–Crippen LogP) is -0.276. The van der Waals surface area contributed by atoms with Gasteiger partial charge in [-0.25, -0.2) is 0 Å². The molecule has 0 radical (unpaired) electrons. The Morgan fingerprint density at radius 2 is 2.38 bits per heavy atom. The molecule has 16 heavy (non-hydrogen) atoms. The predicted molar refractivity (Wildman–Crippen MR) is 60.9 cm³/mol. The van der Waals surface area contributed by atoms with Gasteiger partial charge < -0.3 is 20.5 Å². The van der Waals surface area contributed by atoms with Crippen molar-refractivity contribution in [2.24, 2.45) is 5.73 Å². The Labute approximate surface area is 96.6 Å². The van der Waals surface area contributed by atoms with Crippen molar-refractivity contribution in [2.75, 3.05) is 26.4 Å². The first-order valence-corrected chi connectivity index (χ1v) is 5.81. The molecule has 5 nitrogen and oxygen atoms in total. The molecule has 2 unspecified atom stereocenters. The van der Waals surface area contributed by atoms with Crippen LogP contribution in [0.4, 0.5) is 0 Å². The van der Waals surface area contributed by atoms with Crippen molar-refractivity contribution in [1.29, 1.82) is 0 Å². The summed E-state index contributed by atoms with van der Waals surface area (Å²) in [6.07, 6.45) is 1.52. The number of carbonyl (C=O) groups excluding carboxylic acids is 1. The highest BCUT2D eigenvalue weighted by atomic mass is 16.5. The second-order valence-corrected chi connectivity index (χ2v) is 4.58. The maximum absolute atomic E-state index is 12.2. The molecule has 0 aromatic rings. The molecule has 94 valence electrons. The van der Waals surface area contributed by atoms with E-state index in [1.165, 1.54) is 0 Å². The minimum absolute atomic E-state index is 0.0755. The van der Waals surface area contributed by atoms with Gasteiger partial charge >= 0.3 is 0 Å². The highest BCUT2D eigenvalue weighted by molar-refractivity contribution is 5.86. The molecular weight excluding hydrogens is 208 g/mol. The standard InChI is InChI=1S/C11H22N2O3/c1-3-4-11(2,12)10(15)13-5-6-16-8-9(13)7-14/h9,14H,3-8,12H2,1-2H3. The van der Waals surface area contributed by atoms with Crippen LogP contribution >= 0.6 is 0 Å². The third-order valence-electron chi connectivity index (χ3n) is 2.96. The van der Waals surface area contributed by atoms with E-state index < -0.39 is 5.54 Å². The molecule has 1 rings (SSSR count). The van der Waals surface area contributed by atoms with E-state index in [4.69, 9.17) is 10.5 Å². The summed E-state index contributed by atoms with van der Waals surface area (Å²) in [7, 11) is 0. The highest BCUT2D eigenvalue weighted by Crippen LogP contribution is 2.16. The van der Waals surface area contributed by atoms with Crippen LogP contribution in [0.5, 0.6) is 0 Å². The van der Waals surface area contributed by atoms with Gasteiger partial charge in [0.05, 0.1) is 31.4 Å². The normalized spacial score (nSPS) is 25.2. The molecule has 1 amide bonds. The molecule has 1 aliphatic rings. The van der Waals surface area contributed by atoms with Gasteiger partial charge in [-0.1, -0.05) is 13.3 Å². The summed E-state index contributed by atoms with van der Waals surface area (Å²) in [4.78, 5) is 13.9. The molecule has 0 aromatic heterocycles. The van der Waals surface area contributed by atoms with Crippen LogP contribution in [-0.4, -0.2) is 53.9 Å². The van der Waals surface area contributed by atoms with Crippen molar-refractivity contribution >= 4 is 5.91 Å². The van der Waals surface area contributed by atoms with Crippen molar-refractivity contribution in [3.63, 3.8) is 0 Å². The zero-order valence-electron chi connectivity index (χ0n) is 10.1. The summed E-state index contributed by atoms with van der Waals surface area (Å²) in [5.74, 6) is -0.0864. The van der Waals surface area contributed by atoms with Gasteiger partial charge in [0.2, 0.25) is 5.91 Å². The fraction of sp³-hybridized carbons (Fsp3) is 0.909. The number of nitrogens with zero attached hydrogens (tertiary/aromatic N) is 1. The number of rotatable bonds is 4. The van der Waals surface area contributed by atoms with Crippen LogP contribution in [0.2, 0.25) is 0 Å². The number of morpholine rings is 1. The number of nitrogens with two attached hydrogens (primary N) is 1. The molecule has 5 heteroatoms. The Morgan fingerprint density at radius 3 is 2.94 bits per heavy atom. The van der Waals surface area contributed by atoms with E-state index in [0.717, 1.165) is 6.42 Å². The molecular formula is C11H22N2O3. The lowest BCUT2D eigenvalue weighted by atomic mass is 9.95. The number of carbonyl (C=O) groups is 1. The minimum atomic E-state index is -0.834. The van der Waals surface area contributed by atoms with Gasteiger partial charge in [-0.05, 0) is 13.3 Å². The van der Waals surface area contributed by atoms with Gasteiger partial charge in [-0.15, -0.1) is 0 Å². The van der Waals surface area contributed by atoms with Crippen LogP contribution in [0.25, 0.3) is 0 Å². The molecule has 1 aliphatic heterocycles. The highest BCUT2D eigenvalue weighted by Gasteiger charge is 2.36. The topological polar surface area (TPSA) is 75.8 Å². The van der Waals surface area contributed by atoms with Crippen LogP contribution in [0, 0.1) is 0 Å². The molecule has 1 fully saturated rings. The minimum Gasteiger partial charge on any atom is -0.394 e. The average molecular weight is 230 g/mol. The first-order chi connectivity index (χ1) is 7.53. The Kier molecular flexibility index (Phi) is 4.70. The largest absolute Gasteiger partial charge is 0.394 e. The summed E-state index contributed by atoms with van der Waals surface area (Å²) in [6, 6.07) is -0.249. The van der Waals surface area contributed by atoms with Crippen LogP contribution in [0.1, 0.15) is 26.7 Å². The second-order valence-electron chi connectivity index (χ2n) is 4.58. The number of hydrogen-bond acceptors (Lipinski definition) is 4. The number of amides is 1. The summed E-state index contributed by atoms with van der Waals surface area (Å²) >= 11 is 0. The fourth-order valence-corrected chi connectivity index (χ4v) is 2.03. The van der Waals surface area contributed by atoms with Crippen molar-refractivity contribution in [1.82, 2.24) is 4.90 Å². The first-order valence-electron chi connectivity index (χ1n) is 5.81. The van der Waals surface area contributed by atoms with Crippen molar-refractivity contribution in [3.8, 4) is 0 Å². The molecule has 0 aromatic carbocycles. The molecule has 2 atom stereocenters. The van der Waals surface area contributed by atoms with Crippen LogP contribution in [-0.2, 0) is 9.53 Å². The van der Waals surface area contributed by atoms with E-state index in [1.807, 2.05) is 6.92 Å². The fourth-order valence-electron chi connectivity index (χ4n) is 2.03. The van der Waals surface area contributed by atoms with Crippen molar-refractivity contribution in [3.05, 3.63) is 0 Å². The zero-order valence-corrected chi connectivity index (χ0v) is 10.1. The molecule has 0 aliphatic carbocycles. The van der Waals surface area contributed by atoms with Crippen molar-refractivity contribution in [2.45, 2.75) is 38.3 Å². The van der Waals surface area contributed by atoms with E-state index in [-0.39, 0.29) is 18.6 Å². The Hall–Kier alpha value is -0.650. The maximum atomic E-state index is 12.2. The van der Waals surface area contributed by atoms with Crippen LogP contribution in [0.15, 0.2) is 0 Å². The third kappa shape index (κ3) is 2.93. The van der Waals surface area contributed by atoms with Gasteiger partial charge in [0.15, 0.2) is 0 Å². The summed E-state index contributed by atoms with van der Waals surface area (Å²) in [5.41, 5.74) is 5.17. The Morgan fingerprint density at radius 1 is 1.69 bits per heavy atom. The summed E-state index contributed by atoms with van der Waals surface area (Å²) in [6.45, 7) is 5.10. The molecule has 0 saturated carbocycles. The van der Waals surface area contributed by atoms with Gasteiger partial charge in [0, 0.05) is 6.54 Å². The van der Waals surface area contributed by atoms with E-state index in [0.29, 0.717) is 26.2 Å². The van der Waals surface area contributed by atoms with Gasteiger partial charge in [-0.2, -0.15) is 0 Å². The van der Waals surface area contributed by atoms with Gasteiger partial charge in [-0.3, -0.25) is 4.79 Å². The zero-order chi connectivity index (χ0) is 12.2. The van der Waals surface area contributed by atoms with Gasteiger partial charge in [0.1, 0.15) is 0 Å². The van der Waals surface area contributed by atoms with E-state index in [9.17, 15) is 9.90 Å². The number of aliphatic hydroxyl groups excluding tert-OH is 1. The molecule has 0 bridgehead atoms. The SMILES string of the molecule is CCCC(C)(N)C(=O)N1CCOCC1CO. The van der Waals surface area contributed by atoms with Crippen molar-refractivity contribution < 1.29 is 14.6 Å². The lowest BCUT2D eigenvalue weighted by molar-refractivity contribution is -0.147. The summed E-state index contributed by atoms with van der Waals surface area (Å²) < 4.78 is 5.23. The van der Waals surface area contributed by atoms with Gasteiger partial charge in [0.25, 0.3) is 0 Å². The first kappa shape index (κ1) is 13.4. The smallest absolute Gasteiger partial charge is 0.242 e. The third-order valence-corrected chi connectivity index (χ3v) is 2.96. The molecule has 1 saturated heterocycles. The average Bonchev–Trinajstić information content (AvgIpc) is 2.28. The Balaban J connectivity index is 2.70. The maximum Gasteiger partial charge on any atom is 0.242 e. The van der Waals surface area contributed by atoms with E-state index in [2.05, 4.69) is 0 Å². The monoisotopic (exact) mass is 230 g/mol. The second kappa shape index (κ2) is 5.61. The van der Waals surface area contributed by atoms with E-state index in [1.54, 1.807) is 11.8 Å². The lowest BCUT2D eigenvalue weighted by Gasteiger charge is -2.39. The van der Waals surface area contributed by atoms with Crippen LogP contribution < -0.4 is 5.73 Å². The summed E-state index contributed by atoms with van der Waals surface area (Å²) in [5, 5.41) is 9.19. The quantitative estimate of drug-likeness (QED) is 0.696. The molecule has 3 N–H and O–H groups in total.